The predicted octanol–water partition coefficient (Wildman–Crippen LogP) is 5.88. The van der Waals surface area contributed by atoms with Gasteiger partial charge in [-0.3, -0.25) is 9.78 Å². The Labute approximate surface area is 219 Å². The number of rotatable bonds is 7. The molecule has 0 bridgehead atoms. The molecular formula is C28H30F3N5O2. The van der Waals surface area contributed by atoms with Crippen LogP contribution in [0.3, 0.4) is 0 Å². The zero-order valence-corrected chi connectivity index (χ0v) is 21.5. The molecule has 10 heteroatoms. The molecule has 1 aromatic carbocycles. The number of benzene rings is 1. The van der Waals surface area contributed by atoms with E-state index in [2.05, 4.69) is 15.3 Å². The van der Waals surface area contributed by atoms with E-state index in [9.17, 15) is 22.8 Å². The fraction of sp³-hybridized carbons (Fsp3) is 0.357. The Morgan fingerprint density at radius 1 is 1.11 bits per heavy atom. The highest BCUT2D eigenvalue weighted by Crippen LogP contribution is 2.43. The van der Waals surface area contributed by atoms with Gasteiger partial charge in [-0.25, -0.2) is 9.78 Å². The molecule has 1 aliphatic heterocycles. The van der Waals surface area contributed by atoms with E-state index in [1.54, 1.807) is 17.3 Å². The van der Waals surface area contributed by atoms with E-state index < -0.39 is 18.6 Å². The minimum absolute atomic E-state index is 0.0778. The highest BCUT2D eigenvalue weighted by molar-refractivity contribution is 5.94. The van der Waals surface area contributed by atoms with Gasteiger partial charge in [0.15, 0.2) is 0 Å². The van der Waals surface area contributed by atoms with E-state index >= 15 is 0 Å². The molecule has 1 atom stereocenters. The van der Waals surface area contributed by atoms with Crippen molar-refractivity contribution in [3.63, 3.8) is 0 Å². The van der Waals surface area contributed by atoms with Gasteiger partial charge >= 0.3 is 12.2 Å². The van der Waals surface area contributed by atoms with E-state index in [4.69, 9.17) is 0 Å². The Bertz CT molecular complexity index is 1310. The lowest BCUT2D eigenvalue weighted by Gasteiger charge is -2.27. The maximum absolute atomic E-state index is 13.1. The van der Waals surface area contributed by atoms with Crippen molar-refractivity contribution in [2.45, 2.75) is 58.4 Å². The number of alkyl halides is 3. The van der Waals surface area contributed by atoms with Crippen LogP contribution in [-0.4, -0.2) is 45.6 Å². The van der Waals surface area contributed by atoms with E-state index in [0.29, 0.717) is 23.2 Å². The van der Waals surface area contributed by atoms with E-state index in [0.717, 1.165) is 23.1 Å². The number of hydrogen-bond donors (Lipinski definition) is 2. The lowest BCUT2D eigenvalue weighted by atomic mass is 9.93. The van der Waals surface area contributed by atoms with Gasteiger partial charge in [-0.1, -0.05) is 37.6 Å². The van der Waals surface area contributed by atoms with E-state index in [-0.39, 0.29) is 30.4 Å². The van der Waals surface area contributed by atoms with Crippen molar-refractivity contribution in [1.29, 1.82) is 0 Å². The molecule has 3 heterocycles. The summed E-state index contributed by atoms with van der Waals surface area (Å²) in [6.07, 6.45) is 0.311. The standard InChI is InChI=1S/C28H30F3N5O2/c1-4-7-23-24-21(15-36(23)27(38)34-17(2)3)13-22(26(37)33-16-28(29,30)31)35-25(24)19-9-5-8-18(12-19)20-10-6-11-32-14-20/h5-6,8-14,17,23H,4,7,15-16H2,1-3H3,(H,33,37)(H,34,38)/t23-/m1/s1. The number of carbonyl (C=O) groups is 2. The van der Waals surface area contributed by atoms with Crippen LogP contribution in [-0.2, 0) is 6.54 Å². The Kier molecular flexibility index (Phi) is 7.99. The zero-order chi connectivity index (χ0) is 27.4. The number of nitrogens with one attached hydrogen (secondary N) is 2. The van der Waals surface area contributed by atoms with Gasteiger partial charge in [0.1, 0.15) is 12.2 Å². The third-order valence-corrected chi connectivity index (χ3v) is 6.24. The maximum atomic E-state index is 13.1. The largest absolute Gasteiger partial charge is 0.405 e. The zero-order valence-electron chi connectivity index (χ0n) is 21.5. The van der Waals surface area contributed by atoms with Gasteiger partial charge in [-0.15, -0.1) is 0 Å². The number of hydrogen-bond acceptors (Lipinski definition) is 4. The summed E-state index contributed by atoms with van der Waals surface area (Å²) in [6.45, 7) is 4.52. The normalized spacial score (nSPS) is 14.9. The molecular weight excluding hydrogens is 495 g/mol. The summed E-state index contributed by atoms with van der Waals surface area (Å²) in [5.41, 5.74) is 4.29. The Hall–Kier alpha value is -3.95. The first-order chi connectivity index (χ1) is 18.1. The van der Waals surface area contributed by atoms with Crippen molar-refractivity contribution in [2.24, 2.45) is 0 Å². The van der Waals surface area contributed by atoms with Crippen LogP contribution in [0.4, 0.5) is 18.0 Å². The lowest BCUT2D eigenvalue weighted by molar-refractivity contribution is -0.123. The average molecular weight is 526 g/mol. The summed E-state index contributed by atoms with van der Waals surface area (Å²) in [4.78, 5) is 36.3. The summed E-state index contributed by atoms with van der Waals surface area (Å²) in [6, 6.07) is 12.2. The molecule has 4 rings (SSSR count). The molecule has 0 unspecified atom stereocenters. The second-order valence-electron chi connectivity index (χ2n) is 9.59. The summed E-state index contributed by atoms with van der Waals surface area (Å²) in [7, 11) is 0. The average Bonchev–Trinajstić information content (AvgIpc) is 3.25. The number of pyridine rings is 2. The SMILES string of the molecule is CCC[C@@H]1c2c(cc(C(=O)NCC(F)(F)F)nc2-c2cccc(-c3cccnc3)c2)CN1C(=O)NC(C)C. The quantitative estimate of drug-likeness (QED) is 0.404. The van der Waals surface area contributed by atoms with Gasteiger partial charge in [-0.2, -0.15) is 13.2 Å². The third kappa shape index (κ3) is 6.12. The molecule has 1 aliphatic rings. The number of nitrogens with zero attached hydrogens (tertiary/aromatic N) is 3. The number of halogens is 3. The van der Waals surface area contributed by atoms with Crippen LogP contribution in [0, 0.1) is 0 Å². The molecule has 0 saturated heterocycles. The Morgan fingerprint density at radius 2 is 1.84 bits per heavy atom. The second-order valence-corrected chi connectivity index (χ2v) is 9.59. The fourth-order valence-electron chi connectivity index (χ4n) is 4.66. The number of aromatic nitrogens is 2. The van der Waals surface area contributed by atoms with Gasteiger partial charge in [0.25, 0.3) is 5.91 Å². The maximum Gasteiger partial charge on any atom is 0.405 e. The van der Waals surface area contributed by atoms with Crippen LogP contribution < -0.4 is 10.6 Å². The minimum atomic E-state index is -4.55. The van der Waals surface area contributed by atoms with Crippen LogP contribution in [0.2, 0.25) is 0 Å². The van der Waals surface area contributed by atoms with Gasteiger partial charge in [-0.05, 0) is 49.6 Å². The van der Waals surface area contributed by atoms with Crippen LogP contribution in [0.15, 0.2) is 54.9 Å². The van der Waals surface area contributed by atoms with Crippen molar-refractivity contribution >= 4 is 11.9 Å². The molecule has 2 N–H and O–H groups in total. The van der Waals surface area contributed by atoms with Gasteiger partial charge in [0, 0.05) is 41.7 Å². The van der Waals surface area contributed by atoms with E-state index in [1.807, 2.05) is 62.5 Å². The van der Waals surface area contributed by atoms with Crippen molar-refractivity contribution in [2.75, 3.05) is 6.54 Å². The highest BCUT2D eigenvalue weighted by atomic mass is 19.4. The highest BCUT2D eigenvalue weighted by Gasteiger charge is 2.37. The Morgan fingerprint density at radius 3 is 2.50 bits per heavy atom. The summed E-state index contributed by atoms with van der Waals surface area (Å²) >= 11 is 0. The van der Waals surface area contributed by atoms with Crippen LogP contribution in [0.5, 0.6) is 0 Å². The molecule has 7 nitrogen and oxygen atoms in total. The van der Waals surface area contributed by atoms with Gasteiger partial charge in [0.2, 0.25) is 0 Å². The molecule has 38 heavy (non-hydrogen) atoms. The molecule has 0 fully saturated rings. The van der Waals surface area contributed by atoms with Crippen molar-refractivity contribution in [3.05, 3.63) is 71.7 Å². The second kappa shape index (κ2) is 11.2. The minimum Gasteiger partial charge on any atom is -0.342 e. The number of amides is 3. The first-order valence-electron chi connectivity index (χ1n) is 12.5. The van der Waals surface area contributed by atoms with Gasteiger partial charge in [0.05, 0.1) is 11.7 Å². The topological polar surface area (TPSA) is 87.2 Å². The smallest absolute Gasteiger partial charge is 0.342 e. The molecule has 0 saturated carbocycles. The monoisotopic (exact) mass is 525 g/mol. The predicted molar refractivity (Wildman–Crippen MR) is 138 cm³/mol. The summed E-state index contributed by atoms with van der Waals surface area (Å²) in [5, 5.41) is 4.84. The van der Waals surface area contributed by atoms with Gasteiger partial charge < -0.3 is 15.5 Å². The number of carbonyl (C=O) groups excluding carboxylic acids is 2. The third-order valence-electron chi connectivity index (χ3n) is 6.24. The number of fused-ring (bicyclic) bond motifs is 1. The molecule has 2 aromatic heterocycles. The van der Waals surface area contributed by atoms with Crippen molar-refractivity contribution < 1.29 is 22.8 Å². The van der Waals surface area contributed by atoms with Crippen LogP contribution >= 0.6 is 0 Å². The molecule has 0 radical (unpaired) electrons. The van der Waals surface area contributed by atoms with Crippen LogP contribution in [0.1, 0.15) is 61.3 Å². The summed E-state index contributed by atoms with van der Waals surface area (Å²) in [5.74, 6) is -0.924. The molecule has 3 aromatic rings. The first-order valence-corrected chi connectivity index (χ1v) is 12.5. The van der Waals surface area contributed by atoms with Crippen molar-refractivity contribution in [3.8, 4) is 22.4 Å². The molecule has 0 aliphatic carbocycles. The molecule has 200 valence electrons. The summed E-state index contributed by atoms with van der Waals surface area (Å²) < 4.78 is 38.4. The first kappa shape index (κ1) is 27.1. The van der Waals surface area contributed by atoms with Crippen LogP contribution in [0.25, 0.3) is 22.4 Å². The molecule has 3 amide bonds. The fourth-order valence-corrected chi connectivity index (χ4v) is 4.66. The number of urea groups is 1. The van der Waals surface area contributed by atoms with Crippen molar-refractivity contribution in [1.82, 2.24) is 25.5 Å². The Balaban J connectivity index is 1.84. The van der Waals surface area contributed by atoms with E-state index in [1.165, 1.54) is 6.07 Å². The lowest BCUT2D eigenvalue weighted by Crippen LogP contribution is -2.42. The molecule has 0 spiro atoms.